The lowest BCUT2D eigenvalue weighted by molar-refractivity contribution is -0.0202. The van der Waals surface area contributed by atoms with Crippen LogP contribution in [0.3, 0.4) is 0 Å². The summed E-state index contributed by atoms with van der Waals surface area (Å²) in [5.74, 6) is 0.860. The summed E-state index contributed by atoms with van der Waals surface area (Å²) in [7, 11) is 0. The van der Waals surface area contributed by atoms with Crippen LogP contribution in [0.15, 0.2) is 30.5 Å². The third-order valence-corrected chi connectivity index (χ3v) is 5.44. The maximum atomic E-state index is 13.8. The summed E-state index contributed by atoms with van der Waals surface area (Å²) in [5, 5.41) is 14.9. The molecular weight excluding hydrogens is 303 g/mol. The summed E-state index contributed by atoms with van der Waals surface area (Å²) in [6.07, 6.45) is 6.28. The monoisotopic (exact) mass is 330 g/mol. The fraction of sp³-hybridized carbons (Fsp3) is 0.550. The van der Waals surface area contributed by atoms with Crippen molar-refractivity contribution in [3.63, 3.8) is 0 Å². The van der Waals surface area contributed by atoms with E-state index >= 15 is 0 Å². The second-order valence-electron chi connectivity index (χ2n) is 7.56. The highest BCUT2D eigenvalue weighted by Crippen LogP contribution is 2.35. The number of fused-ring (bicyclic) bond motifs is 1. The average Bonchev–Trinajstić information content (AvgIpc) is 2.55. The standard InChI is InChI=1S/C20H27FN2O/c1-14-5-7-17(8-6-14)20(2,24)13-22-12-16-11-18(21)10-15-4-3-9-23-19(15)16/h3-4,9-11,14,17,22,24H,5-8,12-13H2,1-2H3. The van der Waals surface area contributed by atoms with E-state index in [1.807, 2.05) is 19.1 Å². The van der Waals surface area contributed by atoms with Crippen molar-refractivity contribution in [1.29, 1.82) is 0 Å². The summed E-state index contributed by atoms with van der Waals surface area (Å²) in [6.45, 7) is 5.22. The van der Waals surface area contributed by atoms with Gasteiger partial charge < -0.3 is 10.4 Å². The van der Waals surface area contributed by atoms with Crippen LogP contribution >= 0.6 is 0 Å². The van der Waals surface area contributed by atoms with Gasteiger partial charge in [0.15, 0.2) is 0 Å². The number of benzene rings is 1. The Balaban J connectivity index is 1.64. The highest BCUT2D eigenvalue weighted by atomic mass is 19.1. The largest absolute Gasteiger partial charge is 0.389 e. The molecule has 3 nitrogen and oxygen atoms in total. The van der Waals surface area contributed by atoms with Gasteiger partial charge in [0.1, 0.15) is 5.82 Å². The maximum Gasteiger partial charge on any atom is 0.124 e. The van der Waals surface area contributed by atoms with Crippen LogP contribution in [0, 0.1) is 17.7 Å². The molecule has 4 heteroatoms. The molecule has 3 rings (SSSR count). The Labute approximate surface area is 143 Å². The van der Waals surface area contributed by atoms with Crippen LogP contribution in [-0.2, 0) is 6.54 Å². The molecule has 1 atom stereocenters. The van der Waals surface area contributed by atoms with Gasteiger partial charge in [0.25, 0.3) is 0 Å². The molecule has 0 saturated heterocycles. The molecule has 0 bridgehead atoms. The van der Waals surface area contributed by atoms with Crippen molar-refractivity contribution in [1.82, 2.24) is 10.3 Å². The summed E-state index contributed by atoms with van der Waals surface area (Å²) in [5.41, 5.74) is 0.924. The summed E-state index contributed by atoms with van der Waals surface area (Å²) in [6, 6.07) is 6.71. The van der Waals surface area contributed by atoms with Crippen molar-refractivity contribution < 1.29 is 9.50 Å². The number of halogens is 1. The molecule has 0 radical (unpaired) electrons. The first-order chi connectivity index (χ1) is 11.5. The van der Waals surface area contributed by atoms with Crippen LogP contribution in [0.1, 0.15) is 45.1 Å². The molecule has 0 aliphatic heterocycles. The molecule has 0 spiro atoms. The number of aliphatic hydroxyl groups is 1. The molecule has 0 amide bonds. The Hall–Kier alpha value is -1.52. The molecule has 1 unspecified atom stereocenters. The highest BCUT2D eigenvalue weighted by Gasteiger charge is 2.33. The Bertz CT molecular complexity index is 693. The average molecular weight is 330 g/mol. The van der Waals surface area contributed by atoms with Gasteiger partial charge in [-0.1, -0.05) is 25.8 Å². The number of rotatable bonds is 5. The molecule has 1 fully saturated rings. The zero-order valence-electron chi connectivity index (χ0n) is 14.6. The predicted molar refractivity (Wildman–Crippen MR) is 95.2 cm³/mol. The number of aromatic nitrogens is 1. The number of pyridine rings is 1. The summed E-state index contributed by atoms with van der Waals surface area (Å²) in [4.78, 5) is 4.37. The van der Waals surface area contributed by atoms with Crippen molar-refractivity contribution in [2.75, 3.05) is 6.54 Å². The van der Waals surface area contributed by atoms with Gasteiger partial charge in [-0.25, -0.2) is 4.39 Å². The summed E-state index contributed by atoms with van der Waals surface area (Å²) < 4.78 is 13.8. The Kier molecular flexibility index (Phi) is 5.16. The topological polar surface area (TPSA) is 45.1 Å². The van der Waals surface area contributed by atoms with Crippen LogP contribution in [-0.4, -0.2) is 22.2 Å². The van der Waals surface area contributed by atoms with Gasteiger partial charge >= 0.3 is 0 Å². The molecule has 1 aromatic carbocycles. The Morgan fingerprint density at radius 2 is 2.04 bits per heavy atom. The number of nitrogens with one attached hydrogen (secondary N) is 1. The first-order valence-electron chi connectivity index (χ1n) is 8.92. The molecular formula is C20H27FN2O. The molecule has 1 aliphatic carbocycles. The van der Waals surface area contributed by atoms with E-state index in [2.05, 4.69) is 17.2 Å². The van der Waals surface area contributed by atoms with E-state index in [1.165, 1.54) is 25.0 Å². The summed E-state index contributed by atoms with van der Waals surface area (Å²) >= 11 is 0. The van der Waals surface area contributed by atoms with Crippen LogP contribution < -0.4 is 5.32 Å². The zero-order valence-corrected chi connectivity index (χ0v) is 14.6. The van der Waals surface area contributed by atoms with Gasteiger partial charge in [0.2, 0.25) is 0 Å². The van der Waals surface area contributed by atoms with Gasteiger partial charge in [-0.2, -0.15) is 0 Å². The smallest absolute Gasteiger partial charge is 0.124 e. The van der Waals surface area contributed by atoms with Gasteiger partial charge in [0.05, 0.1) is 11.1 Å². The molecule has 1 saturated carbocycles. The van der Waals surface area contributed by atoms with Crippen molar-refractivity contribution in [2.24, 2.45) is 11.8 Å². The highest BCUT2D eigenvalue weighted by molar-refractivity contribution is 5.81. The van der Waals surface area contributed by atoms with E-state index in [9.17, 15) is 9.50 Å². The number of nitrogens with zero attached hydrogens (tertiary/aromatic N) is 1. The third-order valence-electron chi connectivity index (χ3n) is 5.44. The first kappa shape index (κ1) is 17.3. The lowest BCUT2D eigenvalue weighted by Gasteiger charge is -2.37. The SMILES string of the molecule is CC1CCC(C(C)(O)CNCc2cc(F)cc3cccnc23)CC1. The lowest BCUT2D eigenvalue weighted by Crippen LogP contribution is -2.45. The zero-order chi connectivity index (χ0) is 17.2. The third kappa shape index (κ3) is 3.93. The molecule has 130 valence electrons. The lowest BCUT2D eigenvalue weighted by atomic mass is 9.74. The minimum Gasteiger partial charge on any atom is -0.389 e. The van der Waals surface area contributed by atoms with Gasteiger partial charge in [-0.15, -0.1) is 0 Å². The van der Waals surface area contributed by atoms with E-state index in [-0.39, 0.29) is 5.82 Å². The van der Waals surface area contributed by atoms with Crippen molar-refractivity contribution >= 4 is 10.9 Å². The second-order valence-corrected chi connectivity index (χ2v) is 7.56. The van der Waals surface area contributed by atoms with E-state index in [1.54, 1.807) is 6.20 Å². The number of hydrogen-bond donors (Lipinski definition) is 2. The normalized spacial score (nSPS) is 24.0. The van der Waals surface area contributed by atoms with Gasteiger partial charge in [-0.3, -0.25) is 4.98 Å². The number of hydrogen-bond acceptors (Lipinski definition) is 3. The van der Waals surface area contributed by atoms with E-state index in [0.29, 0.717) is 19.0 Å². The van der Waals surface area contributed by atoms with Gasteiger partial charge in [-0.05, 0) is 55.4 Å². The molecule has 2 N–H and O–H groups in total. The molecule has 24 heavy (non-hydrogen) atoms. The van der Waals surface area contributed by atoms with Crippen molar-refractivity contribution in [2.45, 2.75) is 51.7 Å². The van der Waals surface area contributed by atoms with E-state index in [0.717, 1.165) is 35.2 Å². The minimum atomic E-state index is -0.725. The van der Waals surface area contributed by atoms with Gasteiger partial charge in [0, 0.05) is 24.7 Å². The fourth-order valence-electron chi connectivity index (χ4n) is 3.84. The van der Waals surface area contributed by atoms with Crippen molar-refractivity contribution in [3.05, 3.63) is 41.8 Å². The first-order valence-corrected chi connectivity index (χ1v) is 8.92. The van der Waals surface area contributed by atoms with E-state index in [4.69, 9.17) is 0 Å². The quantitative estimate of drug-likeness (QED) is 0.869. The Morgan fingerprint density at radius 1 is 1.29 bits per heavy atom. The van der Waals surface area contributed by atoms with Crippen LogP contribution in [0.4, 0.5) is 4.39 Å². The molecule has 1 aromatic heterocycles. The molecule has 1 heterocycles. The minimum absolute atomic E-state index is 0.250. The maximum absolute atomic E-state index is 13.8. The van der Waals surface area contributed by atoms with E-state index < -0.39 is 5.60 Å². The van der Waals surface area contributed by atoms with Crippen LogP contribution in [0.25, 0.3) is 10.9 Å². The predicted octanol–water partition coefficient (Wildman–Crippen LogP) is 4.04. The molecule has 1 aliphatic rings. The van der Waals surface area contributed by atoms with Crippen molar-refractivity contribution in [3.8, 4) is 0 Å². The fourth-order valence-corrected chi connectivity index (χ4v) is 3.84. The van der Waals surface area contributed by atoms with Crippen LogP contribution in [0.2, 0.25) is 0 Å². The van der Waals surface area contributed by atoms with Crippen LogP contribution in [0.5, 0.6) is 0 Å². The molecule has 2 aromatic rings. The Morgan fingerprint density at radius 3 is 2.79 bits per heavy atom. The second kappa shape index (κ2) is 7.16.